The SMILES string of the molecule is CC(C)=C[C@]1(C)OC(C)(C)O[C@@H]1[C@](O)(CO)C(F)F.CC[C@@]1(C(F)F)OC(O)[C@](C)(O)[C@@H]1O.CC[C@@]1(C(F)F)OC(O)[C@]2(C)OC(C)(C)O[C@@H]21.CC[C@@]1(C(F)F)OC(OC(=O)c2ccccc2)[C@](C)(OC(=O)c2ccccc2)[C@@H]1C.CC[C@@]1(C(F)F)O[C@@H](n2ccc(=O)[nH]c2=O)[C@](C)(OC(=O)c2ccccc2)[C@@H]1C.CC[C@](O)(C(F)F)[C@H]1OC(C)(C)O[C@@]1(C)C=C(C)C.CC[C@](O)(C(F)F)[C@H]1OC(C)(C)O[C@@]1(C)C=C(C)C. The number of allylic oxidation sites excluding steroid dienone is 3. The summed E-state index contributed by atoms with van der Waals surface area (Å²) in [5.74, 6) is -8.25. The third-order valence-corrected chi connectivity index (χ3v) is 27.7. The number of carbonyl (C=O) groups is 3. The number of H-pyrrole nitrogens is 1. The first-order valence-electron chi connectivity index (χ1n) is 48.1. The van der Waals surface area contributed by atoms with E-state index in [2.05, 4.69) is 9.72 Å². The molecule has 44 heteroatoms. The van der Waals surface area contributed by atoms with Crippen molar-refractivity contribution >= 4 is 17.9 Å². The van der Waals surface area contributed by atoms with Crippen LogP contribution in [0.3, 0.4) is 0 Å². The lowest BCUT2D eigenvalue weighted by Crippen LogP contribution is -2.59. The molecule has 836 valence electrons. The highest BCUT2D eigenvalue weighted by Crippen LogP contribution is 2.58. The van der Waals surface area contributed by atoms with Crippen LogP contribution in [-0.2, 0) is 71.1 Å². The third-order valence-electron chi connectivity index (χ3n) is 27.7. The van der Waals surface area contributed by atoms with Crippen LogP contribution in [0, 0.1) is 11.8 Å². The van der Waals surface area contributed by atoms with Gasteiger partial charge in [-0.05, 0) is 220 Å². The largest absolute Gasteiger partial charge is 0.451 e. The van der Waals surface area contributed by atoms with Crippen molar-refractivity contribution in [2.45, 2.75) is 441 Å². The molecule has 0 bridgehead atoms. The lowest BCUT2D eigenvalue weighted by Gasteiger charge is -2.37. The van der Waals surface area contributed by atoms with Crippen LogP contribution in [-0.4, -0.2) is 271 Å². The van der Waals surface area contributed by atoms with E-state index in [0.29, 0.717) is 0 Å². The Hall–Kier alpha value is -7.81. The van der Waals surface area contributed by atoms with Crippen LogP contribution in [0.25, 0.3) is 0 Å². The molecule has 3 aromatic carbocycles. The fourth-order valence-corrected chi connectivity index (χ4v) is 20.0. The molecule has 0 spiro atoms. The van der Waals surface area contributed by atoms with Crippen molar-refractivity contribution in [2.75, 3.05) is 6.61 Å². The maximum atomic E-state index is 14.1. The molecule has 0 saturated carbocycles. The second kappa shape index (κ2) is 47.8. The number of rotatable bonds is 27. The number of hydrogen-bond donors (Lipinski definition) is 9. The number of carbonyl (C=O) groups excluding carboxylic acids is 3. The fraction of sp³-hybridized carbons (Fsp3) is 0.699. The maximum Gasteiger partial charge on any atom is 0.340 e. The van der Waals surface area contributed by atoms with Gasteiger partial charge in [-0.15, -0.1) is 0 Å². The fourth-order valence-electron chi connectivity index (χ4n) is 20.0. The molecule has 147 heavy (non-hydrogen) atoms. The standard InChI is InChI=1S/C23H24F2O5.C20H22F2N2O5.2C14H24F2O3.C13H22F2O4.C11H18F2O4.C8H14F2O4/c1-4-23(20(24)25)15(2)22(3,29-19(27)17-13-9-6-10-14-17)21(30-23)28-18(26)16-11-7-5-8-12-16;1-4-20(16(21)22)12(2)19(3,28-15(26)13-8-6-5-7-9-13)17(29-20)24-11-10-14(25)23-18(24)27;2*1-7-14(17,11(15)16)10-13(6,8-9(2)3)19-12(4,5)18-10;1-8(2)6-12(5)9(18-11(3,4)19-12)13(17,7-16)10(14)15;1-5-11(7(12)13)6-10(4,8(14)16-11)17-9(2,3)15-6;1-3-8(5(9)10)4(11)7(2,13)6(12)14-8/h5-15,20-21H,4H2,1-3H3;5-12,16-17H,4H2,1-3H3,(H,23,25,27);2*8,10-11,17H,7H2,1-6H3;6,9-10,16-17H,7H2,1-5H3;6-8,14H,5H2,1-4H3;4-6,11-13H,3H2,1-2H3/t15-,21?,22+,23+;12-,17+,19+,20+;2*10-,13-,14+;9-,12-,13+;6-,8?,10+,11+;4-,6?,7+,8+/m0000000/s1. The number of ether oxygens (including phenoxy) is 15. The molecule has 0 amide bonds. The van der Waals surface area contributed by atoms with Gasteiger partial charge in [-0.25, -0.2) is 80.6 Å². The number of alkyl halides is 14. The molecule has 30 nitrogen and oxygen atoms in total. The predicted octanol–water partition coefficient (Wildman–Crippen LogP) is 17.5. The van der Waals surface area contributed by atoms with Crippen molar-refractivity contribution in [3.63, 3.8) is 0 Å². The summed E-state index contributed by atoms with van der Waals surface area (Å²) in [4.78, 5) is 63.9. The summed E-state index contributed by atoms with van der Waals surface area (Å²) in [6, 6.07) is 25.4. The molecule has 0 aliphatic carbocycles. The normalized spacial score (nSPS) is 34.7. The first-order chi connectivity index (χ1) is 67.3. The van der Waals surface area contributed by atoms with E-state index in [1.807, 2.05) is 27.7 Å². The van der Waals surface area contributed by atoms with Crippen LogP contribution < -0.4 is 11.2 Å². The van der Waals surface area contributed by atoms with Gasteiger partial charge in [-0.1, -0.05) is 145 Å². The van der Waals surface area contributed by atoms with Gasteiger partial charge in [0, 0.05) is 24.1 Å². The number of aliphatic hydroxyl groups is 8. The smallest absolute Gasteiger partial charge is 0.340 e. The van der Waals surface area contributed by atoms with Gasteiger partial charge in [0.05, 0.1) is 23.3 Å². The maximum absolute atomic E-state index is 14.1. The van der Waals surface area contributed by atoms with Crippen molar-refractivity contribution in [1.82, 2.24) is 9.55 Å². The molecule has 25 atom stereocenters. The molecular weight excluding hydrogens is 1980 g/mol. The van der Waals surface area contributed by atoms with Gasteiger partial charge in [-0.2, -0.15) is 0 Å². The van der Waals surface area contributed by atoms with Gasteiger partial charge in [0.25, 0.3) is 50.5 Å². The lowest BCUT2D eigenvalue weighted by atomic mass is 9.78. The van der Waals surface area contributed by atoms with Crippen molar-refractivity contribution in [3.8, 4) is 0 Å². The Bertz CT molecular complexity index is 5050. The number of fused-ring (bicyclic) bond motifs is 1. The van der Waals surface area contributed by atoms with Crippen LogP contribution in [0.15, 0.2) is 148 Å². The lowest BCUT2D eigenvalue weighted by molar-refractivity contribution is -0.278. The van der Waals surface area contributed by atoms with Crippen LogP contribution >= 0.6 is 0 Å². The number of nitrogens with one attached hydrogen (secondary N) is 1. The van der Waals surface area contributed by atoms with Crippen molar-refractivity contribution in [1.29, 1.82) is 0 Å². The molecule has 8 aliphatic heterocycles. The highest BCUT2D eigenvalue weighted by molar-refractivity contribution is 5.91. The van der Waals surface area contributed by atoms with E-state index in [0.717, 1.165) is 40.5 Å². The molecule has 9 heterocycles. The van der Waals surface area contributed by atoms with Gasteiger partial charge in [-0.3, -0.25) is 14.3 Å². The molecular formula is C103H148F14N2O28. The molecule has 9 N–H and O–H groups in total. The quantitative estimate of drug-likeness (QED) is 0.0116. The van der Waals surface area contributed by atoms with E-state index in [1.165, 1.54) is 79.7 Å². The highest BCUT2D eigenvalue weighted by atomic mass is 19.3. The van der Waals surface area contributed by atoms with E-state index in [9.17, 15) is 121 Å². The van der Waals surface area contributed by atoms with E-state index in [-0.39, 0.29) is 55.2 Å². The zero-order valence-corrected chi connectivity index (χ0v) is 88.4. The number of aromatic nitrogens is 2. The van der Waals surface area contributed by atoms with E-state index in [4.69, 9.17) is 71.4 Å². The predicted molar refractivity (Wildman–Crippen MR) is 507 cm³/mol. The summed E-state index contributed by atoms with van der Waals surface area (Å²) in [5, 5.41) is 77.8. The topological polar surface area (TPSA) is 406 Å². The molecule has 4 aromatic rings. The van der Waals surface area contributed by atoms with Crippen LogP contribution in [0.4, 0.5) is 61.5 Å². The van der Waals surface area contributed by atoms with Gasteiger partial charge < -0.3 is 112 Å². The van der Waals surface area contributed by atoms with E-state index >= 15 is 0 Å². The summed E-state index contributed by atoms with van der Waals surface area (Å²) in [6.45, 7) is 45.5. The van der Waals surface area contributed by atoms with Crippen LogP contribution in [0.1, 0.15) is 277 Å². The number of aromatic amines is 1. The summed E-state index contributed by atoms with van der Waals surface area (Å²) in [7, 11) is 0. The Balaban J connectivity index is 0.000000266. The zero-order valence-electron chi connectivity index (χ0n) is 88.4. The number of halogens is 14. The van der Waals surface area contributed by atoms with E-state index in [1.54, 1.807) is 196 Å². The van der Waals surface area contributed by atoms with Crippen molar-refractivity contribution in [2.24, 2.45) is 11.8 Å². The summed E-state index contributed by atoms with van der Waals surface area (Å²) < 4.78 is 271. The molecule has 12 rings (SSSR count). The number of benzene rings is 3. The average Bonchev–Trinajstić information content (AvgIpc) is 1.54. The number of aliphatic hydroxyl groups excluding tert-OH is 4. The first-order valence-corrected chi connectivity index (χ1v) is 48.1. The van der Waals surface area contributed by atoms with Gasteiger partial charge in [0.15, 0.2) is 81.2 Å². The Kier molecular flexibility index (Phi) is 41.6. The number of esters is 3. The minimum Gasteiger partial charge on any atom is -0.451 e. The Labute approximate surface area is 847 Å². The Morgan fingerprint density at radius 1 is 0.422 bits per heavy atom. The highest BCUT2D eigenvalue weighted by Gasteiger charge is 2.74. The third kappa shape index (κ3) is 26.8. The number of hydrogen-bond acceptors (Lipinski definition) is 28. The first kappa shape index (κ1) is 128. The van der Waals surface area contributed by atoms with E-state index < -0.39 is 250 Å². The van der Waals surface area contributed by atoms with Crippen molar-refractivity contribution < 1.29 is 188 Å². The number of nitrogens with zero attached hydrogens (tertiary/aromatic N) is 1. The Morgan fingerprint density at radius 2 is 0.741 bits per heavy atom. The summed E-state index contributed by atoms with van der Waals surface area (Å²) in [6.07, 6.45) is -27.1. The average molecular weight is 2130 g/mol. The van der Waals surface area contributed by atoms with Gasteiger partial charge >= 0.3 is 23.6 Å². The molecule has 8 fully saturated rings. The summed E-state index contributed by atoms with van der Waals surface area (Å²) in [5.41, 5.74) is -23.0. The van der Waals surface area contributed by atoms with Crippen LogP contribution in [0.5, 0.6) is 0 Å². The second-order valence-corrected chi connectivity index (χ2v) is 41.7. The minimum absolute atomic E-state index is 0.0431. The zero-order chi connectivity index (χ0) is 113. The minimum atomic E-state index is -3.15. The van der Waals surface area contributed by atoms with Gasteiger partial charge in [0.1, 0.15) is 69.7 Å². The monoisotopic (exact) mass is 2130 g/mol. The van der Waals surface area contributed by atoms with Crippen molar-refractivity contribution in [3.05, 3.63) is 176 Å². The van der Waals surface area contributed by atoms with Gasteiger partial charge in [0.2, 0.25) is 6.29 Å². The molecule has 0 radical (unpaired) electrons. The Morgan fingerprint density at radius 3 is 1.04 bits per heavy atom. The second-order valence-electron chi connectivity index (χ2n) is 41.7. The molecule has 8 saturated heterocycles. The molecule has 1 aromatic heterocycles. The molecule has 3 unspecified atom stereocenters. The summed E-state index contributed by atoms with van der Waals surface area (Å²) >= 11 is 0. The van der Waals surface area contributed by atoms with Crippen LogP contribution in [0.2, 0.25) is 0 Å². The molecule has 8 aliphatic rings.